The van der Waals surface area contributed by atoms with Gasteiger partial charge in [0.1, 0.15) is 6.04 Å². The maximum absolute atomic E-state index is 12.4. The van der Waals surface area contributed by atoms with Crippen LogP contribution >= 0.6 is 0 Å². The van der Waals surface area contributed by atoms with Crippen LogP contribution in [0.4, 0.5) is 0 Å². The van der Waals surface area contributed by atoms with Crippen molar-refractivity contribution < 1.29 is 19.4 Å². The summed E-state index contributed by atoms with van der Waals surface area (Å²) >= 11 is 0. The molecule has 0 aliphatic carbocycles. The van der Waals surface area contributed by atoms with Crippen LogP contribution in [0.5, 0.6) is 0 Å². The predicted molar refractivity (Wildman–Crippen MR) is 77.8 cm³/mol. The Labute approximate surface area is 124 Å². The molecule has 1 heterocycles. The van der Waals surface area contributed by atoms with E-state index in [0.29, 0.717) is 25.8 Å². The molecule has 1 amide bonds. The summed E-state index contributed by atoms with van der Waals surface area (Å²) in [5.74, 6) is -1.07. The van der Waals surface area contributed by atoms with Crippen LogP contribution in [-0.2, 0) is 27.3 Å². The van der Waals surface area contributed by atoms with Gasteiger partial charge in [-0.05, 0) is 24.5 Å². The van der Waals surface area contributed by atoms with E-state index in [2.05, 4.69) is 0 Å². The van der Waals surface area contributed by atoms with Gasteiger partial charge in [-0.2, -0.15) is 0 Å². The molecule has 21 heavy (non-hydrogen) atoms. The standard InChI is InChI=1S/C16H21NO4/c1-11(21-2)7-8-15(18)17-10-13-6-4-3-5-12(13)9-14(17)16(19)20/h3-6,11,14H,7-10H2,1-2H3,(H,19,20)/t11?,14-/m1/s1. The van der Waals surface area contributed by atoms with Gasteiger partial charge in [0.2, 0.25) is 5.91 Å². The van der Waals surface area contributed by atoms with Gasteiger partial charge in [0.05, 0.1) is 6.10 Å². The summed E-state index contributed by atoms with van der Waals surface area (Å²) in [6.07, 6.45) is 1.27. The molecule has 1 unspecified atom stereocenters. The normalized spacial score (nSPS) is 19.0. The van der Waals surface area contributed by atoms with Crippen molar-refractivity contribution >= 4 is 11.9 Å². The first kappa shape index (κ1) is 15.5. The largest absolute Gasteiger partial charge is 0.480 e. The van der Waals surface area contributed by atoms with Crippen molar-refractivity contribution in [2.75, 3.05) is 7.11 Å². The number of ether oxygens (including phenoxy) is 1. The fourth-order valence-electron chi connectivity index (χ4n) is 2.59. The van der Waals surface area contributed by atoms with Gasteiger partial charge < -0.3 is 14.7 Å². The van der Waals surface area contributed by atoms with Crippen molar-refractivity contribution in [1.29, 1.82) is 0 Å². The molecule has 5 heteroatoms. The van der Waals surface area contributed by atoms with Gasteiger partial charge in [-0.25, -0.2) is 4.79 Å². The van der Waals surface area contributed by atoms with Gasteiger partial charge in [0.25, 0.3) is 0 Å². The summed E-state index contributed by atoms with van der Waals surface area (Å²) in [4.78, 5) is 25.3. The van der Waals surface area contributed by atoms with E-state index in [4.69, 9.17) is 4.74 Å². The van der Waals surface area contributed by atoms with Crippen LogP contribution in [0.25, 0.3) is 0 Å². The Morgan fingerprint density at radius 3 is 2.67 bits per heavy atom. The molecule has 0 spiro atoms. The Balaban J connectivity index is 2.13. The van der Waals surface area contributed by atoms with E-state index in [1.807, 2.05) is 31.2 Å². The molecule has 0 aromatic heterocycles. The molecular weight excluding hydrogens is 270 g/mol. The third kappa shape index (κ3) is 3.61. The first-order valence-corrected chi connectivity index (χ1v) is 7.14. The number of carboxylic acids is 1. The lowest BCUT2D eigenvalue weighted by molar-refractivity contribution is -0.151. The second kappa shape index (κ2) is 6.72. The van der Waals surface area contributed by atoms with Crippen molar-refractivity contribution in [2.24, 2.45) is 0 Å². The third-order valence-corrected chi connectivity index (χ3v) is 4.02. The van der Waals surface area contributed by atoms with E-state index in [1.165, 1.54) is 4.90 Å². The van der Waals surface area contributed by atoms with Crippen LogP contribution in [0.2, 0.25) is 0 Å². The summed E-state index contributed by atoms with van der Waals surface area (Å²) < 4.78 is 5.13. The highest BCUT2D eigenvalue weighted by atomic mass is 16.5. The Kier molecular flexibility index (Phi) is 4.96. The highest BCUT2D eigenvalue weighted by Crippen LogP contribution is 2.24. The molecule has 1 aliphatic rings. The molecule has 0 fully saturated rings. The minimum Gasteiger partial charge on any atom is -0.480 e. The van der Waals surface area contributed by atoms with Gasteiger partial charge in [-0.15, -0.1) is 0 Å². The molecule has 1 aromatic carbocycles. The quantitative estimate of drug-likeness (QED) is 0.899. The molecule has 1 aliphatic heterocycles. The first-order chi connectivity index (χ1) is 10.0. The lowest BCUT2D eigenvalue weighted by atomic mass is 9.93. The van der Waals surface area contributed by atoms with Crippen molar-refractivity contribution in [1.82, 2.24) is 4.90 Å². The van der Waals surface area contributed by atoms with Gasteiger partial charge in [0, 0.05) is 26.5 Å². The number of carboxylic acid groups (broad SMARTS) is 1. The fourth-order valence-corrected chi connectivity index (χ4v) is 2.59. The van der Waals surface area contributed by atoms with Gasteiger partial charge >= 0.3 is 5.97 Å². The summed E-state index contributed by atoms with van der Waals surface area (Å²) in [5, 5.41) is 9.39. The minimum atomic E-state index is -0.947. The predicted octanol–water partition coefficient (Wildman–Crippen LogP) is 1.84. The number of methoxy groups -OCH3 is 1. The zero-order valence-corrected chi connectivity index (χ0v) is 12.4. The second-order valence-electron chi connectivity index (χ2n) is 5.43. The average Bonchev–Trinajstić information content (AvgIpc) is 2.50. The number of carbonyl (C=O) groups is 2. The summed E-state index contributed by atoms with van der Waals surface area (Å²) in [6, 6.07) is 6.92. The summed E-state index contributed by atoms with van der Waals surface area (Å²) in [6.45, 7) is 2.26. The summed E-state index contributed by atoms with van der Waals surface area (Å²) in [5.41, 5.74) is 2.04. The number of fused-ring (bicyclic) bond motifs is 1. The van der Waals surface area contributed by atoms with E-state index in [1.54, 1.807) is 7.11 Å². The monoisotopic (exact) mass is 291 g/mol. The lowest BCUT2D eigenvalue weighted by Crippen LogP contribution is -2.48. The van der Waals surface area contributed by atoms with Crippen molar-refractivity contribution in [3.63, 3.8) is 0 Å². The zero-order valence-electron chi connectivity index (χ0n) is 12.4. The van der Waals surface area contributed by atoms with Crippen LogP contribution in [0.3, 0.4) is 0 Å². The maximum Gasteiger partial charge on any atom is 0.326 e. The van der Waals surface area contributed by atoms with Crippen LogP contribution in [0.1, 0.15) is 30.9 Å². The average molecular weight is 291 g/mol. The van der Waals surface area contributed by atoms with E-state index < -0.39 is 12.0 Å². The fraction of sp³-hybridized carbons (Fsp3) is 0.500. The number of amides is 1. The Hall–Kier alpha value is -1.88. The molecule has 114 valence electrons. The number of hydrogen-bond donors (Lipinski definition) is 1. The number of aliphatic carboxylic acids is 1. The van der Waals surface area contributed by atoms with E-state index >= 15 is 0 Å². The van der Waals surface area contributed by atoms with Crippen LogP contribution in [-0.4, -0.2) is 41.1 Å². The Bertz CT molecular complexity index is 529. The smallest absolute Gasteiger partial charge is 0.326 e. The second-order valence-corrected chi connectivity index (χ2v) is 5.43. The molecule has 0 saturated carbocycles. The number of nitrogens with zero attached hydrogens (tertiary/aromatic N) is 1. The molecule has 2 atom stereocenters. The Morgan fingerprint density at radius 1 is 1.38 bits per heavy atom. The van der Waals surface area contributed by atoms with Gasteiger partial charge in [0.15, 0.2) is 0 Å². The number of benzene rings is 1. The van der Waals surface area contributed by atoms with E-state index in [0.717, 1.165) is 11.1 Å². The topological polar surface area (TPSA) is 66.8 Å². The molecule has 5 nitrogen and oxygen atoms in total. The van der Waals surface area contributed by atoms with E-state index in [9.17, 15) is 14.7 Å². The molecule has 1 N–H and O–H groups in total. The maximum atomic E-state index is 12.4. The number of rotatable bonds is 5. The lowest BCUT2D eigenvalue weighted by Gasteiger charge is -2.34. The molecule has 0 bridgehead atoms. The van der Waals surface area contributed by atoms with Gasteiger partial charge in [-0.3, -0.25) is 4.79 Å². The molecule has 2 rings (SSSR count). The van der Waals surface area contributed by atoms with Crippen LogP contribution < -0.4 is 0 Å². The highest BCUT2D eigenvalue weighted by Gasteiger charge is 2.34. The van der Waals surface area contributed by atoms with Crippen LogP contribution in [0.15, 0.2) is 24.3 Å². The van der Waals surface area contributed by atoms with Crippen molar-refractivity contribution in [3.8, 4) is 0 Å². The van der Waals surface area contributed by atoms with Gasteiger partial charge in [-0.1, -0.05) is 24.3 Å². The number of hydrogen-bond acceptors (Lipinski definition) is 3. The SMILES string of the molecule is COC(C)CCC(=O)N1Cc2ccccc2C[C@@H]1C(=O)O. The Morgan fingerprint density at radius 2 is 2.05 bits per heavy atom. The highest BCUT2D eigenvalue weighted by molar-refractivity contribution is 5.84. The molecule has 0 saturated heterocycles. The molecule has 0 radical (unpaired) electrons. The first-order valence-electron chi connectivity index (χ1n) is 7.14. The summed E-state index contributed by atoms with van der Waals surface area (Å²) in [7, 11) is 1.60. The molecule has 1 aromatic rings. The number of carbonyl (C=O) groups excluding carboxylic acids is 1. The van der Waals surface area contributed by atoms with Crippen molar-refractivity contribution in [3.05, 3.63) is 35.4 Å². The van der Waals surface area contributed by atoms with Crippen molar-refractivity contribution in [2.45, 2.75) is 44.9 Å². The van der Waals surface area contributed by atoms with Crippen LogP contribution in [0, 0.1) is 0 Å². The van der Waals surface area contributed by atoms with E-state index in [-0.39, 0.29) is 12.0 Å². The molecular formula is C16H21NO4. The third-order valence-electron chi connectivity index (χ3n) is 4.02. The minimum absolute atomic E-state index is 0.00527. The zero-order chi connectivity index (χ0) is 15.4.